The smallest absolute Gasteiger partial charge is 0.341 e. The zero-order chi connectivity index (χ0) is 24.3. The van der Waals surface area contributed by atoms with Crippen molar-refractivity contribution >= 4 is 38.1 Å². The Kier molecular flexibility index (Phi) is 7.74. The lowest BCUT2D eigenvalue weighted by atomic mass is 9.95. The monoisotopic (exact) mass is 504 g/mol. The quantitative estimate of drug-likeness (QED) is 0.420. The second-order valence-corrected chi connectivity index (χ2v) is 12.1. The van der Waals surface area contributed by atoms with E-state index in [9.17, 15) is 18.0 Å². The van der Waals surface area contributed by atoms with Gasteiger partial charge in [-0.25, -0.2) is 13.2 Å². The third kappa shape index (κ3) is 5.21. The van der Waals surface area contributed by atoms with E-state index in [1.54, 1.807) is 25.1 Å². The van der Waals surface area contributed by atoms with Crippen LogP contribution in [0.4, 0.5) is 5.00 Å². The van der Waals surface area contributed by atoms with Gasteiger partial charge in [0.25, 0.3) is 0 Å². The molecule has 2 aromatic rings. The lowest BCUT2D eigenvalue weighted by Crippen LogP contribution is -2.39. The molecule has 0 bridgehead atoms. The van der Waals surface area contributed by atoms with E-state index in [4.69, 9.17) is 4.74 Å². The second-order valence-electron chi connectivity index (χ2n) is 9.05. The van der Waals surface area contributed by atoms with Gasteiger partial charge in [0.05, 0.1) is 23.6 Å². The molecule has 1 atom stereocenters. The summed E-state index contributed by atoms with van der Waals surface area (Å²) >= 11 is 1.51. The molecule has 7 nitrogen and oxygen atoms in total. The van der Waals surface area contributed by atoms with E-state index in [1.165, 1.54) is 26.6 Å². The standard InChI is InChI=1S/C25H32N2O5S2/c1-3-32-25(29)23-20-11-4-5-12-22(20)33-24(23)26-15-21(28)18-9-6-10-19(14-18)34(30,31)27-13-7-8-17(2)16-27/h6,9-10,14,17,26H,3-5,7-8,11-13,15-16H2,1-2H3. The number of ether oxygens (including phenoxy) is 1. The van der Waals surface area contributed by atoms with Crippen molar-refractivity contribution in [3.63, 3.8) is 0 Å². The number of carbonyl (C=O) groups excluding carboxylic acids is 2. The molecule has 1 aromatic heterocycles. The molecule has 1 saturated heterocycles. The average molecular weight is 505 g/mol. The molecule has 2 heterocycles. The van der Waals surface area contributed by atoms with Crippen LogP contribution in [0.1, 0.15) is 70.7 Å². The summed E-state index contributed by atoms with van der Waals surface area (Å²) in [6.45, 7) is 5.10. The molecular formula is C25H32N2O5S2. The van der Waals surface area contributed by atoms with Crippen LogP contribution in [-0.4, -0.2) is 50.7 Å². The SMILES string of the molecule is CCOC(=O)c1c(NCC(=O)c2cccc(S(=O)(=O)N3CCCC(C)C3)c2)sc2c1CCCC2. The van der Waals surface area contributed by atoms with Crippen molar-refractivity contribution in [1.29, 1.82) is 0 Å². The molecule has 1 N–H and O–H groups in total. The van der Waals surface area contributed by atoms with Crippen LogP contribution in [0.15, 0.2) is 29.2 Å². The number of nitrogens with zero attached hydrogens (tertiary/aromatic N) is 1. The molecule has 34 heavy (non-hydrogen) atoms. The van der Waals surface area contributed by atoms with Gasteiger partial charge in [0, 0.05) is 23.5 Å². The third-order valence-corrected chi connectivity index (χ3v) is 9.58. The fraction of sp³-hybridized carbons (Fsp3) is 0.520. The van der Waals surface area contributed by atoms with Gasteiger partial charge in [0.15, 0.2) is 5.78 Å². The zero-order valence-electron chi connectivity index (χ0n) is 19.8. The number of aryl methyl sites for hydroxylation is 1. The first-order valence-corrected chi connectivity index (χ1v) is 14.3. The fourth-order valence-corrected chi connectivity index (χ4v) is 7.63. The first-order valence-electron chi connectivity index (χ1n) is 12.0. The Morgan fingerprint density at radius 3 is 2.76 bits per heavy atom. The lowest BCUT2D eigenvalue weighted by Gasteiger charge is -2.30. The lowest BCUT2D eigenvalue weighted by molar-refractivity contribution is 0.0526. The molecule has 0 saturated carbocycles. The van der Waals surface area contributed by atoms with E-state index in [0.717, 1.165) is 44.1 Å². The van der Waals surface area contributed by atoms with E-state index >= 15 is 0 Å². The Bertz CT molecular complexity index is 1170. The predicted molar refractivity (Wildman–Crippen MR) is 133 cm³/mol. The van der Waals surface area contributed by atoms with Crippen molar-refractivity contribution in [2.24, 2.45) is 5.92 Å². The van der Waals surface area contributed by atoms with Crippen LogP contribution in [0.2, 0.25) is 0 Å². The Labute approximate surface area is 205 Å². The molecule has 2 aliphatic rings. The highest BCUT2D eigenvalue weighted by Crippen LogP contribution is 2.38. The van der Waals surface area contributed by atoms with Gasteiger partial charge in [-0.3, -0.25) is 4.79 Å². The molecular weight excluding hydrogens is 472 g/mol. The number of hydrogen-bond donors (Lipinski definition) is 1. The molecule has 184 valence electrons. The highest BCUT2D eigenvalue weighted by atomic mass is 32.2. The van der Waals surface area contributed by atoms with Crippen molar-refractivity contribution in [3.8, 4) is 0 Å². The van der Waals surface area contributed by atoms with Gasteiger partial charge in [0.1, 0.15) is 5.00 Å². The molecule has 1 fully saturated rings. The van der Waals surface area contributed by atoms with Crippen molar-refractivity contribution in [3.05, 3.63) is 45.8 Å². The minimum Gasteiger partial charge on any atom is -0.462 e. The highest BCUT2D eigenvalue weighted by Gasteiger charge is 2.30. The summed E-state index contributed by atoms with van der Waals surface area (Å²) in [7, 11) is -3.64. The average Bonchev–Trinajstić information content (AvgIpc) is 3.21. The van der Waals surface area contributed by atoms with Gasteiger partial charge in [-0.15, -0.1) is 11.3 Å². The van der Waals surface area contributed by atoms with Crippen LogP contribution in [0.25, 0.3) is 0 Å². The maximum absolute atomic E-state index is 13.1. The number of piperidine rings is 1. The summed E-state index contributed by atoms with van der Waals surface area (Å²) in [4.78, 5) is 26.9. The van der Waals surface area contributed by atoms with Crippen LogP contribution in [0.3, 0.4) is 0 Å². The van der Waals surface area contributed by atoms with Crippen LogP contribution in [-0.2, 0) is 27.6 Å². The summed E-state index contributed by atoms with van der Waals surface area (Å²) in [6, 6.07) is 6.25. The topological polar surface area (TPSA) is 92.8 Å². The third-order valence-electron chi connectivity index (χ3n) is 6.47. The number of sulfonamides is 1. The van der Waals surface area contributed by atoms with Gasteiger partial charge in [-0.05, 0) is 69.1 Å². The minimum absolute atomic E-state index is 0.0317. The first-order chi connectivity index (χ1) is 16.3. The highest BCUT2D eigenvalue weighted by molar-refractivity contribution is 7.89. The van der Waals surface area contributed by atoms with Crippen LogP contribution < -0.4 is 5.32 Å². The largest absolute Gasteiger partial charge is 0.462 e. The van der Waals surface area contributed by atoms with Crippen molar-refractivity contribution < 1.29 is 22.7 Å². The molecule has 0 spiro atoms. The molecule has 4 rings (SSSR count). The van der Waals surface area contributed by atoms with Crippen molar-refractivity contribution in [2.45, 2.75) is 57.3 Å². The van der Waals surface area contributed by atoms with E-state index in [0.29, 0.717) is 41.7 Å². The Morgan fingerprint density at radius 2 is 2.00 bits per heavy atom. The summed E-state index contributed by atoms with van der Waals surface area (Å²) in [5, 5.41) is 3.80. The molecule has 0 radical (unpaired) electrons. The first kappa shape index (κ1) is 24.9. The van der Waals surface area contributed by atoms with E-state index < -0.39 is 10.0 Å². The predicted octanol–water partition coefficient (Wildman–Crippen LogP) is 4.52. The molecule has 1 aliphatic heterocycles. The van der Waals surface area contributed by atoms with Gasteiger partial charge < -0.3 is 10.1 Å². The number of thiophene rings is 1. The number of benzene rings is 1. The normalized spacial score (nSPS) is 18.8. The van der Waals surface area contributed by atoms with Gasteiger partial charge in [0.2, 0.25) is 10.0 Å². The molecule has 1 aromatic carbocycles. The fourth-order valence-electron chi connectivity index (χ4n) is 4.72. The number of Topliss-reactive ketones (excluding diaryl/α,β-unsaturated/α-hetero) is 1. The Balaban J connectivity index is 1.51. The van der Waals surface area contributed by atoms with Crippen LogP contribution in [0.5, 0.6) is 0 Å². The maximum Gasteiger partial charge on any atom is 0.341 e. The number of ketones is 1. The molecule has 1 unspecified atom stereocenters. The number of nitrogens with one attached hydrogen (secondary N) is 1. The summed E-state index contributed by atoms with van der Waals surface area (Å²) in [5.74, 6) is -0.270. The van der Waals surface area contributed by atoms with Crippen molar-refractivity contribution in [1.82, 2.24) is 4.31 Å². The van der Waals surface area contributed by atoms with E-state index in [2.05, 4.69) is 12.2 Å². The summed E-state index contributed by atoms with van der Waals surface area (Å²) in [5.41, 5.74) is 1.91. The van der Waals surface area contributed by atoms with Gasteiger partial charge in [-0.2, -0.15) is 4.31 Å². The zero-order valence-corrected chi connectivity index (χ0v) is 21.4. The van der Waals surface area contributed by atoms with Crippen LogP contribution in [0, 0.1) is 5.92 Å². The number of hydrogen-bond acceptors (Lipinski definition) is 7. The second kappa shape index (κ2) is 10.6. The van der Waals surface area contributed by atoms with E-state index in [1.807, 2.05) is 0 Å². The molecule has 0 amide bonds. The maximum atomic E-state index is 13.1. The van der Waals surface area contributed by atoms with E-state index in [-0.39, 0.29) is 23.2 Å². The number of fused-ring (bicyclic) bond motifs is 1. The van der Waals surface area contributed by atoms with Crippen molar-refractivity contribution in [2.75, 3.05) is 31.6 Å². The minimum atomic E-state index is -3.64. The van der Waals surface area contributed by atoms with Crippen LogP contribution >= 0.6 is 11.3 Å². The number of carbonyl (C=O) groups is 2. The molecule has 9 heteroatoms. The summed E-state index contributed by atoms with van der Waals surface area (Å²) < 4.78 is 33.1. The number of anilines is 1. The molecule has 1 aliphatic carbocycles. The number of esters is 1. The van der Waals surface area contributed by atoms with Gasteiger partial charge in [-0.1, -0.05) is 19.1 Å². The number of rotatable bonds is 8. The Hall–Kier alpha value is -2.23. The van der Waals surface area contributed by atoms with Gasteiger partial charge >= 0.3 is 5.97 Å². The summed E-state index contributed by atoms with van der Waals surface area (Å²) in [6.07, 6.45) is 5.76. The Morgan fingerprint density at radius 1 is 1.21 bits per heavy atom.